The van der Waals surface area contributed by atoms with E-state index in [4.69, 9.17) is 14.2 Å². The largest absolute Gasteiger partial charge is 0.489 e. The summed E-state index contributed by atoms with van der Waals surface area (Å²) in [5.74, 6) is 7.01. The van der Waals surface area contributed by atoms with Gasteiger partial charge in [-0.15, -0.1) is 12.5 Å². The van der Waals surface area contributed by atoms with Gasteiger partial charge in [0, 0.05) is 18.6 Å². The van der Waals surface area contributed by atoms with Gasteiger partial charge >= 0.3 is 0 Å². The van der Waals surface area contributed by atoms with Crippen LogP contribution < -0.4 is 4.74 Å². The number of aliphatic hydroxyl groups is 1. The van der Waals surface area contributed by atoms with E-state index in [0.717, 1.165) is 61.2 Å². The highest BCUT2D eigenvalue weighted by Gasteiger charge is 2.19. The Morgan fingerprint density at radius 2 is 1.97 bits per heavy atom. The number of allylic oxidation sites excluding steroid dienone is 1. The third-order valence-electron chi connectivity index (χ3n) is 6.49. The summed E-state index contributed by atoms with van der Waals surface area (Å²) in [6.45, 7) is 7.37. The van der Waals surface area contributed by atoms with Crippen molar-refractivity contribution in [3.8, 4) is 17.6 Å². The highest BCUT2D eigenvalue weighted by atomic mass is 16.7. The van der Waals surface area contributed by atoms with E-state index in [0.29, 0.717) is 19.4 Å². The fourth-order valence-electron chi connectivity index (χ4n) is 4.49. The minimum absolute atomic E-state index is 0.0796. The summed E-state index contributed by atoms with van der Waals surface area (Å²) in [7, 11) is 0. The normalized spacial score (nSPS) is 17.0. The van der Waals surface area contributed by atoms with Crippen LogP contribution in [0.5, 0.6) is 5.75 Å². The zero-order valence-corrected chi connectivity index (χ0v) is 21.8. The van der Waals surface area contributed by atoms with Crippen molar-refractivity contribution >= 4 is 0 Å². The van der Waals surface area contributed by atoms with Gasteiger partial charge in [-0.3, -0.25) is 0 Å². The first-order chi connectivity index (χ1) is 17.7. The Hall–Kier alpha value is -2.58. The predicted octanol–water partition coefficient (Wildman–Crippen LogP) is 7.30. The summed E-state index contributed by atoms with van der Waals surface area (Å²) in [6, 6.07) is 15.8. The molecule has 1 aliphatic rings. The van der Waals surface area contributed by atoms with E-state index in [1.54, 1.807) is 0 Å². The van der Waals surface area contributed by atoms with Crippen LogP contribution in [0.2, 0.25) is 0 Å². The molecule has 1 saturated heterocycles. The molecule has 0 bridgehead atoms. The first kappa shape index (κ1) is 28.0. The molecular weight excluding hydrogens is 448 g/mol. The molecule has 0 radical (unpaired) electrons. The Morgan fingerprint density at radius 3 is 2.72 bits per heavy atom. The Labute approximate surface area is 217 Å². The molecule has 2 aromatic rings. The Bertz CT molecular complexity index is 953. The van der Waals surface area contributed by atoms with Crippen LogP contribution in [0.1, 0.15) is 87.5 Å². The van der Waals surface area contributed by atoms with Gasteiger partial charge < -0.3 is 19.3 Å². The molecule has 2 aromatic carbocycles. The molecule has 0 spiro atoms. The van der Waals surface area contributed by atoms with E-state index in [9.17, 15) is 5.11 Å². The summed E-state index contributed by atoms with van der Waals surface area (Å²) < 4.78 is 18.2. The maximum Gasteiger partial charge on any atom is 0.157 e. The highest BCUT2D eigenvalue weighted by Crippen LogP contribution is 2.29. The van der Waals surface area contributed by atoms with Crippen LogP contribution in [0, 0.1) is 11.8 Å². The lowest BCUT2D eigenvalue weighted by atomic mass is 9.98. The molecule has 1 N–H and O–H groups in total. The summed E-state index contributed by atoms with van der Waals surface area (Å²) in [4.78, 5) is 0. The monoisotopic (exact) mass is 490 g/mol. The van der Waals surface area contributed by atoms with Gasteiger partial charge in [0.1, 0.15) is 18.5 Å². The minimum atomic E-state index is -0.874. The van der Waals surface area contributed by atoms with Crippen LogP contribution >= 0.6 is 0 Å². The average molecular weight is 491 g/mol. The minimum Gasteiger partial charge on any atom is -0.489 e. The maximum atomic E-state index is 10.9. The fraction of sp³-hybridized carbons (Fsp3) is 0.500. The number of hydrogen-bond acceptors (Lipinski definition) is 4. The molecule has 36 heavy (non-hydrogen) atoms. The van der Waals surface area contributed by atoms with E-state index in [-0.39, 0.29) is 12.4 Å². The number of hydrogen-bond donors (Lipinski definition) is 1. The van der Waals surface area contributed by atoms with Crippen molar-refractivity contribution < 1.29 is 19.3 Å². The quantitative estimate of drug-likeness (QED) is 0.171. The molecule has 3 atom stereocenters. The molecule has 0 aliphatic carbocycles. The molecule has 1 heterocycles. The van der Waals surface area contributed by atoms with E-state index in [2.05, 4.69) is 25.3 Å². The van der Waals surface area contributed by atoms with E-state index in [1.165, 1.54) is 19.3 Å². The zero-order valence-electron chi connectivity index (χ0n) is 21.8. The number of rotatable bonds is 14. The Morgan fingerprint density at radius 1 is 1.11 bits per heavy atom. The summed E-state index contributed by atoms with van der Waals surface area (Å²) in [5.41, 5.74) is 2.81. The van der Waals surface area contributed by atoms with Gasteiger partial charge in [0.05, 0.1) is 6.10 Å². The van der Waals surface area contributed by atoms with E-state index >= 15 is 0 Å². The van der Waals surface area contributed by atoms with Crippen molar-refractivity contribution in [2.75, 3.05) is 6.61 Å². The predicted molar refractivity (Wildman–Crippen MR) is 146 cm³/mol. The van der Waals surface area contributed by atoms with Crippen molar-refractivity contribution in [2.45, 2.75) is 96.2 Å². The van der Waals surface area contributed by atoms with Crippen LogP contribution in [0.4, 0.5) is 0 Å². The molecule has 0 saturated carbocycles. The number of aliphatic hydroxyl groups excluding tert-OH is 1. The summed E-state index contributed by atoms with van der Waals surface area (Å²) in [6.07, 6.45) is 11.0. The molecule has 4 heteroatoms. The average Bonchev–Trinajstić information content (AvgIpc) is 2.91. The molecule has 194 valence electrons. The molecule has 1 aliphatic heterocycles. The van der Waals surface area contributed by atoms with Crippen LogP contribution in [-0.2, 0) is 22.5 Å². The van der Waals surface area contributed by atoms with E-state index < -0.39 is 6.10 Å². The van der Waals surface area contributed by atoms with Crippen molar-refractivity contribution in [1.29, 1.82) is 0 Å². The second-order valence-corrected chi connectivity index (χ2v) is 9.40. The highest BCUT2D eigenvalue weighted by molar-refractivity contribution is 5.44. The first-order valence-electron chi connectivity index (χ1n) is 13.5. The van der Waals surface area contributed by atoms with Crippen LogP contribution in [-0.4, -0.2) is 24.1 Å². The number of benzene rings is 2. The third-order valence-corrected chi connectivity index (χ3v) is 6.49. The van der Waals surface area contributed by atoms with Crippen molar-refractivity contribution in [3.63, 3.8) is 0 Å². The van der Waals surface area contributed by atoms with Gasteiger partial charge in [-0.25, -0.2) is 0 Å². The van der Waals surface area contributed by atoms with Gasteiger partial charge in [0.2, 0.25) is 0 Å². The Kier molecular flexibility index (Phi) is 12.6. The fourth-order valence-corrected chi connectivity index (χ4v) is 4.49. The van der Waals surface area contributed by atoms with Gasteiger partial charge in [-0.1, -0.05) is 80.6 Å². The number of ether oxygens (including phenoxy) is 3. The first-order valence-corrected chi connectivity index (χ1v) is 13.5. The smallest absolute Gasteiger partial charge is 0.157 e. The van der Waals surface area contributed by atoms with Gasteiger partial charge in [0.25, 0.3) is 0 Å². The van der Waals surface area contributed by atoms with Crippen molar-refractivity contribution in [1.82, 2.24) is 0 Å². The molecular formula is C32H42O4. The molecule has 4 nitrogen and oxygen atoms in total. The number of unbranched alkanes of at least 4 members (excludes halogenated alkanes) is 2. The standard InChI is InChI=1S/C32H42O4/c1-3-5-7-18-27(36-32-23-12-13-24-34-32)19-10-11-21-30(33)28-20-14-22-31(29(28)15-4-2)35-25-26-16-8-6-9-17-26/h4,6,8-9,14,16-17,20,22,27,30,32-33H,2-3,5,7,10,12-13,15,18-19,23-25H2,1H3/t27-,30?,32?/m0/s1. The topological polar surface area (TPSA) is 47.9 Å². The second-order valence-electron chi connectivity index (χ2n) is 9.40. The summed E-state index contributed by atoms with van der Waals surface area (Å²) in [5, 5.41) is 10.9. The molecule has 0 amide bonds. The lowest BCUT2D eigenvalue weighted by Crippen LogP contribution is -2.28. The summed E-state index contributed by atoms with van der Waals surface area (Å²) >= 11 is 0. The molecule has 0 aromatic heterocycles. The van der Waals surface area contributed by atoms with Gasteiger partial charge in [0.15, 0.2) is 6.29 Å². The van der Waals surface area contributed by atoms with Crippen molar-refractivity contribution in [3.05, 3.63) is 77.9 Å². The zero-order chi connectivity index (χ0) is 25.4. The second kappa shape index (κ2) is 16.2. The molecule has 2 unspecified atom stereocenters. The third kappa shape index (κ3) is 9.47. The SMILES string of the molecule is C=CCc1c(OCc2ccccc2)cccc1C(O)C#CCC[C@H](CCCCC)OC1CCCCO1. The van der Waals surface area contributed by atoms with E-state index in [1.807, 2.05) is 54.6 Å². The lowest BCUT2D eigenvalue weighted by Gasteiger charge is -2.27. The van der Waals surface area contributed by atoms with Crippen molar-refractivity contribution in [2.24, 2.45) is 0 Å². The molecule has 1 fully saturated rings. The van der Waals surface area contributed by atoms with Crippen LogP contribution in [0.25, 0.3) is 0 Å². The van der Waals surface area contributed by atoms with Crippen LogP contribution in [0.3, 0.4) is 0 Å². The van der Waals surface area contributed by atoms with Gasteiger partial charge in [-0.05, 0) is 55.7 Å². The van der Waals surface area contributed by atoms with Gasteiger partial charge in [-0.2, -0.15) is 0 Å². The lowest BCUT2D eigenvalue weighted by molar-refractivity contribution is -0.190. The maximum absolute atomic E-state index is 10.9. The van der Waals surface area contributed by atoms with Crippen LogP contribution in [0.15, 0.2) is 61.2 Å². The Balaban J connectivity index is 1.60. The molecule has 3 rings (SSSR count).